The Hall–Kier alpha value is -4.24. The molecule has 3 rings (SSSR count). The highest BCUT2D eigenvalue weighted by molar-refractivity contribution is 6.04. The van der Waals surface area contributed by atoms with Crippen LogP contribution in [0.5, 0.6) is 0 Å². The van der Waals surface area contributed by atoms with Crippen molar-refractivity contribution in [3.05, 3.63) is 83.1 Å². The lowest BCUT2D eigenvalue weighted by Crippen LogP contribution is -2.55. The Bertz CT molecular complexity index is 1430. The predicted molar refractivity (Wildman–Crippen MR) is 204 cm³/mol. The first-order valence-corrected chi connectivity index (χ1v) is 18.4. The number of carbonyl (C=O) groups excluding carboxylic acids is 2. The van der Waals surface area contributed by atoms with Gasteiger partial charge in [0, 0.05) is 49.4 Å². The van der Waals surface area contributed by atoms with Crippen LogP contribution in [0.2, 0.25) is 0 Å². The standard InChI is InChI=1S/C41H58N4O5/c1-5-7-8-9-10-16-32(3)36-18-15-17-34(31-37(36)45(4)28-30-50-29-14-13-27-42-6-2)39(48)44-41(25-11-12-26-41)40(49)43-35-22-19-33(20-23-35)21-24-38(46)47/h13-14,17-24,27,31-32H,5-12,15-16,25-26,28-30H2,1-4H3,(H,43,49)(H,44,48)(H,46,47)/b14-13-,24-21+,42-27?. The van der Waals surface area contributed by atoms with E-state index >= 15 is 0 Å². The molecule has 1 aromatic rings. The molecule has 2 aliphatic carbocycles. The molecule has 0 saturated heterocycles. The van der Waals surface area contributed by atoms with Gasteiger partial charge in [-0.25, -0.2) is 4.79 Å². The molecule has 0 heterocycles. The number of amides is 2. The Labute approximate surface area is 299 Å². The number of hydrogen-bond donors (Lipinski definition) is 3. The first kappa shape index (κ1) is 40.2. The van der Waals surface area contributed by atoms with Crippen LogP contribution in [0.3, 0.4) is 0 Å². The number of nitrogens with zero attached hydrogens (tertiary/aromatic N) is 2. The summed E-state index contributed by atoms with van der Waals surface area (Å²) in [4.78, 5) is 45.0. The summed E-state index contributed by atoms with van der Waals surface area (Å²) in [5, 5.41) is 15.1. The van der Waals surface area contributed by atoms with Gasteiger partial charge in [-0.05, 0) is 80.0 Å². The zero-order chi connectivity index (χ0) is 36.2. The van der Waals surface area contributed by atoms with Gasteiger partial charge in [0.05, 0.1) is 13.2 Å². The molecule has 0 bridgehead atoms. The van der Waals surface area contributed by atoms with Crippen LogP contribution in [-0.4, -0.2) is 72.9 Å². The van der Waals surface area contributed by atoms with Gasteiger partial charge in [-0.15, -0.1) is 0 Å². The molecule has 9 heteroatoms. The molecule has 1 unspecified atom stereocenters. The Morgan fingerprint density at radius 1 is 1.06 bits per heavy atom. The third-order valence-corrected chi connectivity index (χ3v) is 9.34. The van der Waals surface area contributed by atoms with Crippen LogP contribution >= 0.6 is 0 Å². The SMILES string of the molecule is CCCCCCCC(C)C1=CCC=C(C(=O)NC2(C(=O)Nc3ccc(/C=C/C(=O)O)cc3)CCCC2)C=C1N(C)CCOC/C=C\C=NCC. The van der Waals surface area contributed by atoms with Gasteiger partial charge in [-0.2, -0.15) is 0 Å². The van der Waals surface area contributed by atoms with Crippen LogP contribution in [0.25, 0.3) is 6.08 Å². The van der Waals surface area contributed by atoms with E-state index in [1.807, 2.05) is 31.2 Å². The third-order valence-electron chi connectivity index (χ3n) is 9.34. The first-order chi connectivity index (χ1) is 24.2. The van der Waals surface area contributed by atoms with Crippen molar-refractivity contribution in [1.82, 2.24) is 10.2 Å². The summed E-state index contributed by atoms with van der Waals surface area (Å²) in [6, 6.07) is 6.97. The number of rotatable bonds is 21. The number of unbranched alkanes of at least 4 members (excludes halogenated alkanes) is 4. The second-order valence-electron chi connectivity index (χ2n) is 13.3. The van der Waals surface area contributed by atoms with E-state index in [1.165, 1.54) is 43.8 Å². The summed E-state index contributed by atoms with van der Waals surface area (Å²) >= 11 is 0. The highest BCUT2D eigenvalue weighted by atomic mass is 16.5. The van der Waals surface area contributed by atoms with Crippen LogP contribution in [0.4, 0.5) is 5.69 Å². The molecule has 0 aromatic heterocycles. The van der Waals surface area contributed by atoms with Gasteiger partial charge in [0.15, 0.2) is 0 Å². The molecule has 1 fully saturated rings. The number of carbonyl (C=O) groups is 3. The van der Waals surface area contributed by atoms with Crippen molar-refractivity contribution >= 4 is 35.8 Å². The van der Waals surface area contributed by atoms with Gasteiger partial charge in [0.2, 0.25) is 5.91 Å². The van der Waals surface area contributed by atoms with Crippen LogP contribution in [0.15, 0.2) is 82.6 Å². The van der Waals surface area contributed by atoms with E-state index in [9.17, 15) is 14.4 Å². The van der Waals surface area contributed by atoms with E-state index < -0.39 is 11.5 Å². The van der Waals surface area contributed by atoms with Crippen LogP contribution in [-0.2, 0) is 19.1 Å². The second kappa shape index (κ2) is 21.8. The number of anilines is 1. The fraction of sp³-hybridized carbons (Fsp3) is 0.512. The molecule has 2 aliphatic rings. The number of likely N-dealkylation sites (N-methyl/N-ethyl adjacent to an activating group) is 1. The molecular formula is C41H58N4O5. The number of aliphatic carboxylic acids is 1. The van der Waals surface area contributed by atoms with E-state index in [1.54, 1.807) is 30.5 Å². The lowest BCUT2D eigenvalue weighted by atomic mass is 9.91. The quantitative estimate of drug-likeness (QED) is 0.0688. The van der Waals surface area contributed by atoms with Crippen LogP contribution in [0.1, 0.15) is 97.0 Å². The zero-order valence-corrected chi connectivity index (χ0v) is 30.6. The summed E-state index contributed by atoms with van der Waals surface area (Å²) in [6.07, 6.45) is 25.1. The maximum absolute atomic E-state index is 14.0. The van der Waals surface area contributed by atoms with Gasteiger partial charge in [-0.3, -0.25) is 14.6 Å². The summed E-state index contributed by atoms with van der Waals surface area (Å²) in [5.74, 6) is -1.18. The number of allylic oxidation sites excluding steroid dienone is 4. The minimum Gasteiger partial charge on any atom is -0.478 e. The smallest absolute Gasteiger partial charge is 0.328 e. The summed E-state index contributed by atoms with van der Waals surface area (Å²) in [5.41, 5.74) is 3.10. The predicted octanol–water partition coefficient (Wildman–Crippen LogP) is 7.88. The number of carboxylic acids is 1. The van der Waals surface area contributed by atoms with E-state index in [4.69, 9.17) is 9.84 Å². The van der Waals surface area contributed by atoms with E-state index in [0.717, 1.165) is 37.6 Å². The van der Waals surface area contributed by atoms with Crippen molar-refractivity contribution in [3.8, 4) is 0 Å². The van der Waals surface area contributed by atoms with Crippen molar-refractivity contribution < 1.29 is 24.2 Å². The number of benzene rings is 1. The van der Waals surface area contributed by atoms with Gasteiger partial charge < -0.3 is 25.4 Å². The van der Waals surface area contributed by atoms with E-state index in [0.29, 0.717) is 61.8 Å². The average Bonchev–Trinajstić information content (AvgIpc) is 3.46. The monoisotopic (exact) mass is 686 g/mol. The third kappa shape index (κ3) is 13.2. The molecule has 0 radical (unpaired) electrons. The van der Waals surface area contributed by atoms with Gasteiger partial charge in [0.1, 0.15) is 5.54 Å². The second-order valence-corrected chi connectivity index (χ2v) is 13.3. The van der Waals surface area contributed by atoms with Crippen molar-refractivity contribution in [2.24, 2.45) is 10.9 Å². The largest absolute Gasteiger partial charge is 0.478 e. The van der Waals surface area contributed by atoms with Gasteiger partial charge >= 0.3 is 5.97 Å². The fourth-order valence-corrected chi connectivity index (χ4v) is 6.39. The summed E-state index contributed by atoms with van der Waals surface area (Å²) in [7, 11) is 2.05. The lowest BCUT2D eigenvalue weighted by molar-refractivity contribution is -0.131. The molecule has 1 aromatic carbocycles. The minimum absolute atomic E-state index is 0.240. The van der Waals surface area contributed by atoms with Crippen molar-refractivity contribution in [3.63, 3.8) is 0 Å². The molecule has 0 aliphatic heterocycles. The molecule has 9 nitrogen and oxygen atoms in total. The van der Waals surface area contributed by atoms with Crippen LogP contribution in [0, 0.1) is 5.92 Å². The maximum atomic E-state index is 14.0. The number of nitrogens with one attached hydrogen (secondary N) is 2. The average molecular weight is 687 g/mol. The highest BCUT2D eigenvalue weighted by Gasteiger charge is 2.43. The Balaban J connectivity index is 1.75. The Morgan fingerprint density at radius 3 is 2.50 bits per heavy atom. The van der Waals surface area contributed by atoms with Crippen molar-refractivity contribution in [2.75, 3.05) is 38.7 Å². The molecule has 50 heavy (non-hydrogen) atoms. The number of aliphatic imine (C=N–C) groups is 1. The minimum atomic E-state index is -1.02. The topological polar surface area (TPSA) is 120 Å². The molecule has 2 amide bonds. The molecular weight excluding hydrogens is 628 g/mol. The number of ether oxygens (including phenoxy) is 1. The first-order valence-electron chi connectivity index (χ1n) is 18.4. The van der Waals surface area contributed by atoms with Gasteiger partial charge in [-0.1, -0.05) is 89.2 Å². The van der Waals surface area contributed by atoms with E-state index in [2.05, 4.69) is 47.5 Å². The molecule has 1 atom stereocenters. The molecule has 1 saturated carbocycles. The van der Waals surface area contributed by atoms with Crippen molar-refractivity contribution in [1.29, 1.82) is 0 Å². The summed E-state index contributed by atoms with van der Waals surface area (Å²) < 4.78 is 5.88. The number of carboxylic acid groups (broad SMARTS) is 1. The molecule has 272 valence electrons. The maximum Gasteiger partial charge on any atom is 0.328 e. The zero-order valence-electron chi connectivity index (χ0n) is 30.6. The molecule has 3 N–H and O–H groups in total. The lowest BCUT2D eigenvalue weighted by Gasteiger charge is -2.30. The normalized spacial score (nSPS) is 16.6. The van der Waals surface area contributed by atoms with Crippen molar-refractivity contribution in [2.45, 2.75) is 96.9 Å². The Kier molecular flexibility index (Phi) is 17.5. The summed E-state index contributed by atoms with van der Waals surface area (Å²) in [6.45, 7) is 8.97. The Morgan fingerprint density at radius 2 is 1.80 bits per heavy atom. The molecule has 0 spiro atoms. The van der Waals surface area contributed by atoms with Crippen LogP contribution < -0.4 is 10.6 Å². The van der Waals surface area contributed by atoms with E-state index in [-0.39, 0.29) is 11.8 Å². The van der Waals surface area contributed by atoms with Gasteiger partial charge in [0.25, 0.3) is 5.91 Å². The number of hydrogen-bond acceptors (Lipinski definition) is 6. The highest BCUT2D eigenvalue weighted by Crippen LogP contribution is 2.33. The fourth-order valence-electron chi connectivity index (χ4n) is 6.39.